The molecule has 0 aliphatic heterocycles. The lowest BCUT2D eigenvalue weighted by Crippen LogP contribution is -1.86. The molecule has 0 saturated carbocycles. The Morgan fingerprint density at radius 3 is 2.71 bits per heavy atom. The first-order valence-corrected chi connectivity index (χ1v) is 5.16. The van der Waals surface area contributed by atoms with E-state index in [2.05, 4.69) is 25.9 Å². The standard InChI is InChI=1S/C10H6BrClN2/c11-8-4-2-1-3-7(8)10-9(12)5-13-6-14-10/h1-6H. The molecule has 0 spiro atoms. The highest BCUT2D eigenvalue weighted by Crippen LogP contribution is 2.30. The number of benzene rings is 1. The van der Waals surface area contributed by atoms with Crippen LogP contribution in [0.4, 0.5) is 0 Å². The summed E-state index contributed by atoms with van der Waals surface area (Å²) in [4.78, 5) is 7.98. The molecule has 2 rings (SSSR count). The molecule has 0 saturated heterocycles. The molecule has 0 atom stereocenters. The van der Waals surface area contributed by atoms with Gasteiger partial charge in [-0.25, -0.2) is 9.97 Å². The van der Waals surface area contributed by atoms with Gasteiger partial charge in [0.1, 0.15) is 6.33 Å². The maximum atomic E-state index is 5.98. The Morgan fingerprint density at radius 2 is 2.00 bits per heavy atom. The van der Waals surface area contributed by atoms with Crippen LogP contribution in [0.1, 0.15) is 0 Å². The molecule has 0 fully saturated rings. The van der Waals surface area contributed by atoms with Crippen molar-refractivity contribution in [2.75, 3.05) is 0 Å². The van der Waals surface area contributed by atoms with Crippen LogP contribution in [0.3, 0.4) is 0 Å². The Balaban J connectivity index is 2.61. The molecule has 70 valence electrons. The van der Waals surface area contributed by atoms with Gasteiger partial charge in [-0.3, -0.25) is 0 Å². The fourth-order valence-electron chi connectivity index (χ4n) is 1.16. The first-order chi connectivity index (χ1) is 6.79. The molecule has 0 amide bonds. The molecule has 0 aliphatic rings. The second-order valence-electron chi connectivity index (χ2n) is 2.70. The summed E-state index contributed by atoms with van der Waals surface area (Å²) in [5.74, 6) is 0. The van der Waals surface area contributed by atoms with E-state index in [0.29, 0.717) is 5.02 Å². The van der Waals surface area contributed by atoms with E-state index in [0.717, 1.165) is 15.7 Å². The minimum atomic E-state index is 0.555. The van der Waals surface area contributed by atoms with E-state index in [1.54, 1.807) is 6.20 Å². The SMILES string of the molecule is Clc1cncnc1-c1ccccc1Br. The number of hydrogen-bond donors (Lipinski definition) is 0. The quantitative estimate of drug-likeness (QED) is 0.791. The predicted octanol–water partition coefficient (Wildman–Crippen LogP) is 3.56. The molecule has 14 heavy (non-hydrogen) atoms. The Bertz CT molecular complexity index is 416. The molecule has 4 heteroatoms. The Kier molecular flexibility index (Phi) is 2.79. The smallest absolute Gasteiger partial charge is 0.116 e. The number of nitrogens with zero attached hydrogens (tertiary/aromatic N) is 2. The molecule has 0 bridgehead atoms. The van der Waals surface area contributed by atoms with Gasteiger partial charge in [0.05, 0.1) is 10.7 Å². The molecule has 0 unspecified atom stereocenters. The van der Waals surface area contributed by atoms with Crippen LogP contribution in [-0.4, -0.2) is 9.97 Å². The molecule has 1 aromatic carbocycles. The number of rotatable bonds is 1. The van der Waals surface area contributed by atoms with Gasteiger partial charge in [0.2, 0.25) is 0 Å². The van der Waals surface area contributed by atoms with Crippen LogP contribution in [0.5, 0.6) is 0 Å². The first-order valence-electron chi connectivity index (χ1n) is 3.99. The van der Waals surface area contributed by atoms with E-state index >= 15 is 0 Å². The molecule has 2 aromatic rings. The van der Waals surface area contributed by atoms with Gasteiger partial charge in [0.15, 0.2) is 0 Å². The topological polar surface area (TPSA) is 25.8 Å². The highest BCUT2D eigenvalue weighted by Gasteiger charge is 2.07. The van der Waals surface area contributed by atoms with Gasteiger partial charge < -0.3 is 0 Å². The maximum absolute atomic E-state index is 5.98. The highest BCUT2D eigenvalue weighted by atomic mass is 79.9. The van der Waals surface area contributed by atoms with Crippen molar-refractivity contribution in [2.45, 2.75) is 0 Å². The van der Waals surface area contributed by atoms with Gasteiger partial charge in [-0.2, -0.15) is 0 Å². The third-order valence-electron chi connectivity index (χ3n) is 1.80. The van der Waals surface area contributed by atoms with Crippen molar-refractivity contribution in [3.63, 3.8) is 0 Å². The lowest BCUT2D eigenvalue weighted by atomic mass is 10.1. The van der Waals surface area contributed by atoms with E-state index in [-0.39, 0.29) is 0 Å². The fraction of sp³-hybridized carbons (Fsp3) is 0. The van der Waals surface area contributed by atoms with Gasteiger partial charge in [0.25, 0.3) is 0 Å². The van der Waals surface area contributed by atoms with E-state index in [1.807, 2.05) is 24.3 Å². The number of halogens is 2. The number of hydrogen-bond acceptors (Lipinski definition) is 2. The van der Waals surface area contributed by atoms with Crippen LogP contribution < -0.4 is 0 Å². The van der Waals surface area contributed by atoms with Crippen molar-refractivity contribution in [3.05, 3.63) is 46.3 Å². The molecule has 0 N–H and O–H groups in total. The Labute approximate surface area is 95.1 Å². The Hall–Kier alpha value is -0.930. The van der Waals surface area contributed by atoms with Crippen LogP contribution in [0, 0.1) is 0 Å². The third-order valence-corrected chi connectivity index (χ3v) is 2.76. The van der Waals surface area contributed by atoms with Gasteiger partial charge >= 0.3 is 0 Å². The van der Waals surface area contributed by atoms with Crippen LogP contribution in [-0.2, 0) is 0 Å². The van der Waals surface area contributed by atoms with Crippen LogP contribution in [0.15, 0.2) is 41.3 Å². The van der Waals surface area contributed by atoms with Crippen molar-refractivity contribution in [1.82, 2.24) is 9.97 Å². The average Bonchev–Trinajstić information content (AvgIpc) is 2.20. The minimum absolute atomic E-state index is 0.555. The summed E-state index contributed by atoms with van der Waals surface area (Å²) >= 11 is 9.43. The lowest BCUT2D eigenvalue weighted by Gasteiger charge is -2.04. The second-order valence-corrected chi connectivity index (χ2v) is 3.96. The van der Waals surface area contributed by atoms with Gasteiger partial charge in [0, 0.05) is 16.2 Å². The van der Waals surface area contributed by atoms with Gasteiger partial charge in [-0.15, -0.1) is 0 Å². The van der Waals surface area contributed by atoms with Crippen molar-refractivity contribution in [1.29, 1.82) is 0 Å². The third kappa shape index (κ3) is 1.79. The zero-order valence-corrected chi connectivity index (χ0v) is 9.46. The molecule has 1 heterocycles. The zero-order chi connectivity index (χ0) is 9.97. The highest BCUT2D eigenvalue weighted by molar-refractivity contribution is 9.10. The molecular formula is C10H6BrClN2. The molecule has 2 nitrogen and oxygen atoms in total. The first kappa shape index (κ1) is 9.62. The predicted molar refractivity (Wildman–Crippen MR) is 60.2 cm³/mol. The largest absolute Gasteiger partial charge is 0.243 e. The summed E-state index contributed by atoms with van der Waals surface area (Å²) in [6.07, 6.45) is 3.07. The van der Waals surface area contributed by atoms with Gasteiger partial charge in [-0.1, -0.05) is 45.7 Å². The molecule has 0 aliphatic carbocycles. The van der Waals surface area contributed by atoms with E-state index in [9.17, 15) is 0 Å². The van der Waals surface area contributed by atoms with Crippen molar-refractivity contribution in [2.24, 2.45) is 0 Å². The van der Waals surface area contributed by atoms with Crippen molar-refractivity contribution in [3.8, 4) is 11.3 Å². The molecule has 1 aromatic heterocycles. The lowest BCUT2D eigenvalue weighted by molar-refractivity contribution is 1.17. The summed E-state index contributed by atoms with van der Waals surface area (Å²) in [6.45, 7) is 0. The summed E-state index contributed by atoms with van der Waals surface area (Å²) in [5, 5.41) is 0.555. The number of aromatic nitrogens is 2. The van der Waals surface area contributed by atoms with Crippen molar-refractivity contribution < 1.29 is 0 Å². The van der Waals surface area contributed by atoms with E-state index in [4.69, 9.17) is 11.6 Å². The average molecular weight is 270 g/mol. The Morgan fingerprint density at radius 1 is 1.21 bits per heavy atom. The molecular weight excluding hydrogens is 263 g/mol. The van der Waals surface area contributed by atoms with Crippen LogP contribution >= 0.6 is 27.5 Å². The van der Waals surface area contributed by atoms with Crippen LogP contribution in [0.25, 0.3) is 11.3 Å². The zero-order valence-electron chi connectivity index (χ0n) is 7.11. The summed E-state index contributed by atoms with van der Waals surface area (Å²) in [7, 11) is 0. The normalized spacial score (nSPS) is 10.1. The van der Waals surface area contributed by atoms with E-state index in [1.165, 1.54) is 6.33 Å². The summed E-state index contributed by atoms with van der Waals surface area (Å²) in [5.41, 5.74) is 1.72. The van der Waals surface area contributed by atoms with Crippen LogP contribution in [0.2, 0.25) is 5.02 Å². The summed E-state index contributed by atoms with van der Waals surface area (Å²) < 4.78 is 0.973. The summed E-state index contributed by atoms with van der Waals surface area (Å²) in [6, 6.07) is 7.80. The van der Waals surface area contributed by atoms with E-state index < -0.39 is 0 Å². The second kappa shape index (κ2) is 4.07. The van der Waals surface area contributed by atoms with Gasteiger partial charge in [-0.05, 0) is 6.07 Å². The minimum Gasteiger partial charge on any atom is -0.243 e. The molecule has 0 radical (unpaired) electrons. The maximum Gasteiger partial charge on any atom is 0.116 e. The van der Waals surface area contributed by atoms with Crippen molar-refractivity contribution >= 4 is 27.5 Å². The monoisotopic (exact) mass is 268 g/mol. The fourth-order valence-corrected chi connectivity index (χ4v) is 1.84.